The van der Waals surface area contributed by atoms with Crippen LogP contribution in [0.2, 0.25) is 0 Å². The van der Waals surface area contributed by atoms with Crippen molar-refractivity contribution in [1.29, 1.82) is 0 Å². The highest BCUT2D eigenvalue weighted by Gasteiger charge is 2.28. The third-order valence-electron chi connectivity index (χ3n) is 3.00. The van der Waals surface area contributed by atoms with Crippen LogP contribution in [0, 0.1) is 0 Å². The number of hydrogen-bond donors (Lipinski definition) is 2. The Balaban J connectivity index is 1.57. The van der Waals surface area contributed by atoms with E-state index in [0.717, 1.165) is 10.6 Å². The van der Waals surface area contributed by atoms with Crippen molar-refractivity contribution >= 4 is 35.5 Å². The minimum atomic E-state index is -0.464. The fourth-order valence-electron chi connectivity index (χ4n) is 1.97. The number of carbonyl (C=O) groups is 2. The van der Waals surface area contributed by atoms with Crippen molar-refractivity contribution < 1.29 is 14.0 Å². The summed E-state index contributed by atoms with van der Waals surface area (Å²) >= 11 is 1.38. The van der Waals surface area contributed by atoms with Crippen molar-refractivity contribution in [3.8, 4) is 0 Å². The van der Waals surface area contributed by atoms with Gasteiger partial charge in [-0.3, -0.25) is 9.59 Å². The van der Waals surface area contributed by atoms with Gasteiger partial charge in [0, 0.05) is 11.3 Å². The van der Waals surface area contributed by atoms with Gasteiger partial charge in [-0.1, -0.05) is 12.1 Å². The van der Waals surface area contributed by atoms with E-state index in [0.29, 0.717) is 5.76 Å². The van der Waals surface area contributed by atoms with E-state index in [1.165, 1.54) is 24.2 Å². The molecule has 0 fully saturated rings. The zero-order valence-corrected chi connectivity index (χ0v) is 12.3. The topological polar surface area (TPSA) is 83.7 Å². The van der Waals surface area contributed by atoms with E-state index in [-0.39, 0.29) is 18.2 Å². The van der Waals surface area contributed by atoms with Gasteiger partial charge < -0.3 is 9.73 Å². The normalized spacial score (nSPS) is 17.1. The number of carbonyl (C=O) groups excluding carboxylic acids is 2. The molecule has 7 heteroatoms. The number of hydrazone groups is 1. The molecule has 6 nitrogen and oxygen atoms in total. The maximum Gasteiger partial charge on any atom is 0.241 e. The molecule has 2 aromatic rings. The van der Waals surface area contributed by atoms with Crippen LogP contribution in [0.15, 0.2) is 57.1 Å². The van der Waals surface area contributed by atoms with E-state index in [9.17, 15) is 9.59 Å². The molecular formula is C15H13N3O3S. The molecular weight excluding hydrogens is 302 g/mol. The minimum Gasteiger partial charge on any atom is -0.463 e. The van der Waals surface area contributed by atoms with Gasteiger partial charge in [0.2, 0.25) is 11.8 Å². The second-order valence-corrected chi connectivity index (χ2v) is 5.85. The lowest BCUT2D eigenvalue weighted by molar-refractivity contribution is -0.124. The van der Waals surface area contributed by atoms with Crippen LogP contribution in [0.1, 0.15) is 12.2 Å². The number of hydrogen-bond acceptors (Lipinski definition) is 5. The van der Waals surface area contributed by atoms with Crippen LogP contribution in [0.5, 0.6) is 0 Å². The van der Waals surface area contributed by atoms with Gasteiger partial charge in [0.05, 0.1) is 23.4 Å². The highest BCUT2D eigenvalue weighted by atomic mass is 32.2. The highest BCUT2D eigenvalue weighted by Crippen LogP contribution is 2.36. The van der Waals surface area contributed by atoms with Crippen LogP contribution in [0.4, 0.5) is 5.69 Å². The Bertz CT molecular complexity index is 713. The Labute approximate surface area is 131 Å². The van der Waals surface area contributed by atoms with E-state index >= 15 is 0 Å². The standard InChI is InChI=1S/C15H13N3O3S/c19-14(18-16-9-10-4-3-7-21-10)8-13-15(20)17-11-5-1-2-6-12(11)22-13/h1-7,9,13H,8H2,(H,17,20)(H,18,19)/b16-9+. The molecule has 0 radical (unpaired) electrons. The van der Waals surface area contributed by atoms with Crippen molar-refractivity contribution in [1.82, 2.24) is 5.43 Å². The SMILES string of the molecule is O=C(CC1Sc2ccccc2NC1=O)N/N=C/c1ccco1. The lowest BCUT2D eigenvalue weighted by Gasteiger charge is -2.23. The molecule has 0 spiro atoms. The summed E-state index contributed by atoms with van der Waals surface area (Å²) in [7, 11) is 0. The number of para-hydroxylation sites is 1. The summed E-state index contributed by atoms with van der Waals surface area (Å²) in [4.78, 5) is 24.8. The first-order valence-corrected chi connectivity index (χ1v) is 7.52. The molecule has 22 heavy (non-hydrogen) atoms. The third kappa shape index (κ3) is 3.37. The average Bonchev–Trinajstić information content (AvgIpc) is 3.01. The molecule has 1 aliphatic heterocycles. The molecule has 1 aromatic heterocycles. The molecule has 0 saturated carbocycles. The zero-order valence-electron chi connectivity index (χ0n) is 11.5. The first-order valence-electron chi connectivity index (χ1n) is 6.64. The van der Waals surface area contributed by atoms with E-state index in [4.69, 9.17) is 4.42 Å². The van der Waals surface area contributed by atoms with Crippen molar-refractivity contribution in [2.75, 3.05) is 5.32 Å². The Hall–Kier alpha value is -2.54. The number of nitrogens with zero attached hydrogens (tertiary/aromatic N) is 1. The molecule has 0 saturated heterocycles. The number of benzene rings is 1. The second-order valence-electron chi connectivity index (χ2n) is 4.60. The van der Waals surface area contributed by atoms with Gasteiger partial charge in [0.25, 0.3) is 0 Å². The van der Waals surface area contributed by atoms with Crippen molar-refractivity contribution in [2.24, 2.45) is 5.10 Å². The number of furan rings is 1. The molecule has 112 valence electrons. The summed E-state index contributed by atoms with van der Waals surface area (Å²) in [6.07, 6.45) is 2.98. The molecule has 1 unspecified atom stereocenters. The summed E-state index contributed by atoms with van der Waals surface area (Å²) in [6.45, 7) is 0. The maximum absolute atomic E-state index is 12.0. The fraction of sp³-hybridized carbons (Fsp3) is 0.133. The molecule has 0 bridgehead atoms. The third-order valence-corrected chi connectivity index (χ3v) is 4.28. The predicted molar refractivity (Wildman–Crippen MR) is 83.8 cm³/mol. The van der Waals surface area contributed by atoms with Crippen LogP contribution >= 0.6 is 11.8 Å². The van der Waals surface area contributed by atoms with Crippen LogP contribution in [0.3, 0.4) is 0 Å². The van der Waals surface area contributed by atoms with E-state index < -0.39 is 5.25 Å². The van der Waals surface area contributed by atoms with Crippen molar-refractivity contribution in [3.63, 3.8) is 0 Å². The second kappa shape index (κ2) is 6.48. The van der Waals surface area contributed by atoms with E-state index in [2.05, 4.69) is 15.8 Å². The lowest BCUT2D eigenvalue weighted by atomic mass is 10.2. The number of anilines is 1. The molecule has 2 amide bonds. The van der Waals surface area contributed by atoms with Gasteiger partial charge in [-0.15, -0.1) is 11.8 Å². The summed E-state index contributed by atoms with van der Waals surface area (Å²) in [6, 6.07) is 11.0. The number of rotatable bonds is 4. The average molecular weight is 315 g/mol. The summed E-state index contributed by atoms with van der Waals surface area (Å²) < 4.78 is 5.05. The maximum atomic E-state index is 12.0. The van der Waals surface area contributed by atoms with Crippen molar-refractivity contribution in [3.05, 3.63) is 48.4 Å². The number of fused-ring (bicyclic) bond motifs is 1. The van der Waals surface area contributed by atoms with Gasteiger partial charge in [0.15, 0.2) is 0 Å². The van der Waals surface area contributed by atoms with E-state index in [1.54, 1.807) is 12.1 Å². The van der Waals surface area contributed by atoms with Crippen LogP contribution < -0.4 is 10.7 Å². The largest absolute Gasteiger partial charge is 0.463 e. The zero-order chi connectivity index (χ0) is 15.4. The first kappa shape index (κ1) is 14.4. The van der Waals surface area contributed by atoms with Gasteiger partial charge in [-0.25, -0.2) is 5.43 Å². The molecule has 0 aliphatic carbocycles. The molecule has 3 rings (SSSR count). The monoisotopic (exact) mass is 315 g/mol. The Morgan fingerprint density at radius 1 is 1.36 bits per heavy atom. The number of nitrogens with one attached hydrogen (secondary N) is 2. The Morgan fingerprint density at radius 2 is 2.23 bits per heavy atom. The summed E-state index contributed by atoms with van der Waals surface area (Å²) in [5, 5.41) is 6.13. The van der Waals surface area contributed by atoms with Crippen LogP contribution in [-0.4, -0.2) is 23.3 Å². The molecule has 1 aromatic carbocycles. The number of thioether (sulfide) groups is 1. The van der Waals surface area contributed by atoms with Crippen molar-refractivity contribution in [2.45, 2.75) is 16.6 Å². The minimum absolute atomic E-state index is 0.0559. The van der Waals surface area contributed by atoms with Gasteiger partial charge in [-0.05, 0) is 24.3 Å². The quantitative estimate of drug-likeness (QED) is 0.669. The Kier molecular flexibility index (Phi) is 4.24. The molecule has 1 aliphatic rings. The Morgan fingerprint density at radius 3 is 3.05 bits per heavy atom. The van der Waals surface area contributed by atoms with E-state index in [1.807, 2.05) is 24.3 Å². The first-order chi connectivity index (χ1) is 10.7. The smallest absolute Gasteiger partial charge is 0.241 e. The summed E-state index contributed by atoms with van der Waals surface area (Å²) in [5.41, 5.74) is 3.17. The fourth-order valence-corrected chi connectivity index (χ4v) is 3.08. The predicted octanol–water partition coefficient (Wildman–Crippen LogP) is 2.23. The molecule has 1 atom stereocenters. The van der Waals surface area contributed by atoms with Crippen LogP contribution in [0.25, 0.3) is 0 Å². The van der Waals surface area contributed by atoms with Gasteiger partial charge in [-0.2, -0.15) is 5.10 Å². The van der Waals surface area contributed by atoms with Crippen LogP contribution in [-0.2, 0) is 9.59 Å². The molecule has 2 heterocycles. The van der Waals surface area contributed by atoms with Gasteiger partial charge >= 0.3 is 0 Å². The summed E-state index contributed by atoms with van der Waals surface area (Å²) in [5.74, 6) is 0.0442. The highest BCUT2D eigenvalue weighted by molar-refractivity contribution is 8.01. The molecule has 2 N–H and O–H groups in total. The lowest BCUT2D eigenvalue weighted by Crippen LogP contribution is -2.33. The number of amides is 2. The van der Waals surface area contributed by atoms with Gasteiger partial charge in [0.1, 0.15) is 5.76 Å².